The first-order valence-corrected chi connectivity index (χ1v) is 10.5. The number of halogens is 2. The number of benzene rings is 2. The number of allylic oxidation sites excluding steroid dienone is 1. The molecular weight excluding hydrogens is 405 g/mol. The van der Waals surface area contributed by atoms with E-state index in [0.29, 0.717) is 34.8 Å². The fraction of sp³-hybridized carbons (Fsp3) is 0.333. The maximum atomic E-state index is 13.9. The molecule has 0 radical (unpaired) electrons. The van der Waals surface area contributed by atoms with Gasteiger partial charge in [-0.3, -0.25) is 4.79 Å². The lowest BCUT2D eigenvalue weighted by Crippen LogP contribution is -2.39. The lowest BCUT2D eigenvalue weighted by molar-refractivity contribution is -0.140. The number of rotatable bonds is 7. The Bertz CT molecular complexity index is 972. The second-order valence-corrected chi connectivity index (χ2v) is 7.69. The van der Waals surface area contributed by atoms with E-state index < -0.39 is 17.7 Å². The number of ether oxygens (including phenoxy) is 1. The van der Waals surface area contributed by atoms with E-state index in [4.69, 9.17) is 16.3 Å². The van der Waals surface area contributed by atoms with Gasteiger partial charge in [-0.1, -0.05) is 49.2 Å². The van der Waals surface area contributed by atoms with Crippen molar-refractivity contribution < 1.29 is 18.7 Å². The predicted octanol–water partition coefficient (Wildman–Crippen LogP) is 5.61. The van der Waals surface area contributed by atoms with Crippen LogP contribution < -0.4 is 0 Å². The smallest absolute Gasteiger partial charge is 0.336 e. The lowest BCUT2D eigenvalue weighted by atomic mass is 9.82. The highest BCUT2D eigenvalue weighted by Crippen LogP contribution is 2.39. The molecule has 0 spiro atoms. The van der Waals surface area contributed by atoms with Gasteiger partial charge in [-0.25, -0.2) is 9.18 Å². The molecule has 0 N–H and O–H groups in total. The quantitative estimate of drug-likeness (QED) is 0.537. The summed E-state index contributed by atoms with van der Waals surface area (Å²) >= 11 is 6.11. The molecule has 1 unspecified atom stereocenters. The van der Waals surface area contributed by atoms with E-state index in [0.717, 1.165) is 12.0 Å². The van der Waals surface area contributed by atoms with Crippen molar-refractivity contribution in [1.82, 2.24) is 4.90 Å². The molecule has 1 aliphatic rings. The number of nitrogens with zero attached hydrogens (tertiary/aromatic N) is 1. The van der Waals surface area contributed by atoms with Crippen molar-refractivity contribution in [1.29, 1.82) is 0 Å². The molecular formula is C24H25ClFNO3. The van der Waals surface area contributed by atoms with Crippen LogP contribution in [0.25, 0.3) is 0 Å². The van der Waals surface area contributed by atoms with E-state index in [2.05, 4.69) is 0 Å². The molecule has 0 saturated heterocycles. The molecule has 1 aliphatic heterocycles. The molecule has 2 aromatic carbocycles. The van der Waals surface area contributed by atoms with Gasteiger partial charge in [0.05, 0.1) is 18.7 Å². The van der Waals surface area contributed by atoms with Crippen LogP contribution in [0.15, 0.2) is 59.8 Å². The molecule has 1 amide bonds. The third-order valence-electron chi connectivity index (χ3n) is 5.13. The number of hydrogen-bond acceptors (Lipinski definition) is 3. The fourth-order valence-electron chi connectivity index (χ4n) is 3.87. The first-order valence-electron chi connectivity index (χ1n) is 10.1. The Morgan fingerprint density at radius 2 is 1.97 bits per heavy atom. The van der Waals surface area contributed by atoms with Gasteiger partial charge in [-0.15, -0.1) is 0 Å². The van der Waals surface area contributed by atoms with Crippen LogP contribution >= 0.6 is 11.6 Å². The van der Waals surface area contributed by atoms with E-state index in [1.807, 2.05) is 19.1 Å². The monoisotopic (exact) mass is 429 g/mol. The number of amides is 1. The van der Waals surface area contributed by atoms with E-state index in [9.17, 15) is 14.0 Å². The molecule has 3 rings (SSSR count). The highest BCUT2D eigenvalue weighted by atomic mass is 35.5. The SMILES string of the molecule is CCCC1=C(C(=O)OCC)C(c2cccc(F)c2)CC(=O)N1Cc1cccc(Cl)c1. The third kappa shape index (κ3) is 4.90. The van der Waals surface area contributed by atoms with Crippen LogP contribution in [0.3, 0.4) is 0 Å². The molecule has 0 fully saturated rings. The number of carbonyl (C=O) groups is 2. The van der Waals surface area contributed by atoms with Crippen LogP contribution in [0, 0.1) is 5.82 Å². The van der Waals surface area contributed by atoms with Crippen LogP contribution in [0.1, 0.15) is 50.2 Å². The summed E-state index contributed by atoms with van der Waals surface area (Å²) in [7, 11) is 0. The van der Waals surface area contributed by atoms with Gasteiger partial charge in [-0.05, 0) is 48.7 Å². The van der Waals surface area contributed by atoms with E-state index in [1.165, 1.54) is 12.1 Å². The Kier molecular flexibility index (Phi) is 7.27. The zero-order chi connectivity index (χ0) is 21.7. The summed E-state index contributed by atoms with van der Waals surface area (Å²) < 4.78 is 19.2. The van der Waals surface area contributed by atoms with E-state index >= 15 is 0 Å². The fourth-order valence-corrected chi connectivity index (χ4v) is 4.08. The molecule has 0 bridgehead atoms. The molecule has 1 heterocycles. The maximum Gasteiger partial charge on any atom is 0.336 e. The van der Waals surface area contributed by atoms with Gasteiger partial charge in [0.15, 0.2) is 0 Å². The van der Waals surface area contributed by atoms with Crippen molar-refractivity contribution in [2.75, 3.05) is 6.61 Å². The minimum absolute atomic E-state index is 0.0748. The average molecular weight is 430 g/mol. The summed E-state index contributed by atoms with van der Waals surface area (Å²) in [5.41, 5.74) is 2.55. The molecule has 0 saturated carbocycles. The van der Waals surface area contributed by atoms with Crippen molar-refractivity contribution in [2.45, 2.75) is 45.6 Å². The number of hydrogen-bond donors (Lipinski definition) is 0. The van der Waals surface area contributed by atoms with Crippen molar-refractivity contribution >= 4 is 23.5 Å². The lowest BCUT2D eigenvalue weighted by Gasteiger charge is -2.36. The van der Waals surface area contributed by atoms with Gasteiger partial charge in [0.1, 0.15) is 5.82 Å². The highest BCUT2D eigenvalue weighted by molar-refractivity contribution is 6.30. The van der Waals surface area contributed by atoms with Crippen LogP contribution in [-0.2, 0) is 20.9 Å². The minimum atomic E-state index is -0.538. The summed E-state index contributed by atoms with van der Waals surface area (Å²) in [6.45, 7) is 4.27. The van der Waals surface area contributed by atoms with Gasteiger partial charge in [0.2, 0.25) is 5.91 Å². The van der Waals surface area contributed by atoms with Crippen LogP contribution in [-0.4, -0.2) is 23.4 Å². The number of carbonyl (C=O) groups excluding carboxylic acids is 2. The van der Waals surface area contributed by atoms with Crippen LogP contribution in [0.2, 0.25) is 5.02 Å². The first kappa shape index (κ1) is 22.0. The molecule has 0 aliphatic carbocycles. The molecule has 0 aromatic heterocycles. The molecule has 1 atom stereocenters. The van der Waals surface area contributed by atoms with Gasteiger partial charge in [-0.2, -0.15) is 0 Å². The topological polar surface area (TPSA) is 46.6 Å². The van der Waals surface area contributed by atoms with Crippen molar-refractivity contribution in [3.63, 3.8) is 0 Å². The second kappa shape index (κ2) is 9.90. The summed E-state index contributed by atoms with van der Waals surface area (Å²) in [4.78, 5) is 27.8. The normalized spacial score (nSPS) is 16.7. The second-order valence-electron chi connectivity index (χ2n) is 7.25. The molecule has 2 aromatic rings. The van der Waals surface area contributed by atoms with Crippen LogP contribution in [0.5, 0.6) is 0 Å². The van der Waals surface area contributed by atoms with Crippen molar-refractivity contribution in [2.24, 2.45) is 0 Å². The van der Waals surface area contributed by atoms with Gasteiger partial charge in [0.25, 0.3) is 0 Å². The predicted molar refractivity (Wildman–Crippen MR) is 114 cm³/mol. The van der Waals surface area contributed by atoms with Crippen molar-refractivity contribution in [3.05, 3.63) is 81.8 Å². The zero-order valence-corrected chi connectivity index (χ0v) is 17.9. The molecule has 30 heavy (non-hydrogen) atoms. The van der Waals surface area contributed by atoms with E-state index in [1.54, 1.807) is 36.1 Å². The largest absolute Gasteiger partial charge is 0.463 e. The van der Waals surface area contributed by atoms with Gasteiger partial charge in [0, 0.05) is 23.1 Å². The minimum Gasteiger partial charge on any atom is -0.463 e. The first-order chi connectivity index (χ1) is 14.4. The summed E-state index contributed by atoms with van der Waals surface area (Å²) in [6, 6.07) is 13.4. The Morgan fingerprint density at radius 1 is 1.20 bits per heavy atom. The molecule has 4 nitrogen and oxygen atoms in total. The molecule has 158 valence electrons. The highest BCUT2D eigenvalue weighted by Gasteiger charge is 2.38. The Morgan fingerprint density at radius 3 is 2.63 bits per heavy atom. The number of esters is 1. The third-order valence-corrected chi connectivity index (χ3v) is 5.36. The molecule has 6 heteroatoms. The average Bonchev–Trinajstić information content (AvgIpc) is 2.70. The zero-order valence-electron chi connectivity index (χ0n) is 17.2. The standard InChI is InChI=1S/C24H25ClFNO3/c1-3-7-21-23(24(29)30-4-2)20(17-9-6-11-19(26)13-17)14-22(28)27(21)15-16-8-5-10-18(25)12-16/h5-6,8-13,20H,3-4,7,14-15H2,1-2H3. The Hall–Kier alpha value is -2.66. The Labute approximate surface area is 181 Å². The Balaban J connectivity index is 2.11. The summed E-state index contributed by atoms with van der Waals surface area (Å²) in [6.07, 6.45) is 1.35. The van der Waals surface area contributed by atoms with Gasteiger partial charge >= 0.3 is 5.97 Å². The summed E-state index contributed by atoms with van der Waals surface area (Å²) in [5.74, 6) is -1.51. The van der Waals surface area contributed by atoms with Crippen molar-refractivity contribution in [3.8, 4) is 0 Å². The van der Waals surface area contributed by atoms with E-state index in [-0.39, 0.29) is 18.9 Å². The van der Waals surface area contributed by atoms with Crippen LogP contribution in [0.4, 0.5) is 4.39 Å². The van der Waals surface area contributed by atoms with Gasteiger partial charge < -0.3 is 9.64 Å². The maximum absolute atomic E-state index is 13.9. The summed E-state index contributed by atoms with van der Waals surface area (Å²) in [5, 5.41) is 0.584.